The molecule has 0 aliphatic heterocycles. The lowest BCUT2D eigenvalue weighted by Gasteiger charge is -2.21. The lowest BCUT2D eigenvalue weighted by molar-refractivity contribution is -0.385. The second-order valence-electron chi connectivity index (χ2n) is 5.29. The first-order valence-electron chi connectivity index (χ1n) is 7.03. The molecule has 0 unspecified atom stereocenters. The fraction of sp³-hybridized carbons (Fsp3) is 0.400. The third-order valence-electron chi connectivity index (χ3n) is 3.69. The van der Waals surface area contributed by atoms with Gasteiger partial charge in [-0.05, 0) is 26.3 Å². The van der Waals surface area contributed by atoms with Crippen LogP contribution in [0.3, 0.4) is 0 Å². The van der Waals surface area contributed by atoms with E-state index in [1.165, 1.54) is 6.07 Å². The van der Waals surface area contributed by atoms with E-state index in [0.717, 1.165) is 31.0 Å². The van der Waals surface area contributed by atoms with Crippen molar-refractivity contribution in [1.29, 1.82) is 0 Å². The van der Waals surface area contributed by atoms with Crippen LogP contribution < -0.4 is 4.90 Å². The molecule has 7 heteroatoms. The van der Waals surface area contributed by atoms with Crippen molar-refractivity contribution in [2.45, 2.75) is 26.8 Å². The van der Waals surface area contributed by atoms with Crippen LogP contribution >= 0.6 is 11.6 Å². The van der Waals surface area contributed by atoms with E-state index in [-0.39, 0.29) is 5.69 Å². The zero-order valence-electron chi connectivity index (χ0n) is 12.9. The lowest BCUT2D eigenvalue weighted by Crippen LogP contribution is -2.20. The number of aryl methyl sites for hydroxylation is 3. The number of nitro benzene ring substituents is 1. The minimum atomic E-state index is -0.410. The van der Waals surface area contributed by atoms with Crippen molar-refractivity contribution >= 4 is 23.0 Å². The molecule has 0 spiro atoms. The van der Waals surface area contributed by atoms with E-state index >= 15 is 0 Å². The van der Waals surface area contributed by atoms with Gasteiger partial charge in [0.25, 0.3) is 5.69 Å². The standard InChI is InChI=1S/C15H19ClN4O2/c1-11-9-15(13(16)10-14(11)20(21)22)18(3)6-4-7-19-8-5-17-12(19)2/h5,8-10H,4,6-7H2,1-3H3. The summed E-state index contributed by atoms with van der Waals surface area (Å²) in [5.74, 6) is 0.992. The largest absolute Gasteiger partial charge is 0.373 e. The topological polar surface area (TPSA) is 64.2 Å². The molecule has 0 amide bonds. The smallest absolute Gasteiger partial charge is 0.273 e. The molecule has 1 aromatic carbocycles. The Bertz CT molecular complexity index is 684. The molecule has 0 aliphatic rings. The molecule has 0 fully saturated rings. The van der Waals surface area contributed by atoms with Crippen LogP contribution in [0, 0.1) is 24.0 Å². The van der Waals surface area contributed by atoms with Crippen LogP contribution in [0.25, 0.3) is 0 Å². The quantitative estimate of drug-likeness (QED) is 0.602. The maximum Gasteiger partial charge on any atom is 0.273 e. The van der Waals surface area contributed by atoms with Crippen LogP contribution in [-0.4, -0.2) is 28.1 Å². The van der Waals surface area contributed by atoms with Crippen LogP contribution in [-0.2, 0) is 6.54 Å². The fourth-order valence-corrected chi connectivity index (χ4v) is 2.69. The van der Waals surface area contributed by atoms with Crippen LogP contribution in [0.2, 0.25) is 5.02 Å². The van der Waals surface area contributed by atoms with Crippen LogP contribution in [0.1, 0.15) is 17.8 Å². The monoisotopic (exact) mass is 322 g/mol. The number of rotatable bonds is 6. The Morgan fingerprint density at radius 1 is 1.41 bits per heavy atom. The molecular formula is C15H19ClN4O2. The van der Waals surface area contributed by atoms with E-state index in [1.54, 1.807) is 19.2 Å². The molecular weight excluding hydrogens is 304 g/mol. The number of imidazole rings is 1. The van der Waals surface area contributed by atoms with Gasteiger partial charge < -0.3 is 9.47 Å². The molecule has 0 atom stereocenters. The van der Waals surface area contributed by atoms with E-state index < -0.39 is 4.92 Å². The molecule has 1 aromatic heterocycles. The second kappa shape index (κ2) is 6.79. The van der Waals surface area contributed by atoms with Crippen molar-refractivity contribution in [3.8, 4) is 0 Å². The van der Waals surface area contributed by atoms with E-state index in [1.807, 2.05) is 25.1 Å². The zero-order valence-corrected chi connectivity index (χ0v) is 13.7. The van der Waals surface area contributed by atoms with E-state index in [4.69, 9.17) is 11.6 Å². The Hall–Kier alpha value is -2.08. The van der Waals surface area contributed by atoms with Crippen molar-refractivity contribution in [3.05, 3.63) is 51.1 Å². The third-order valence-corrected chi connectivity index (χ3v) is 3.99. The third kappa shape index (κ3) is 3.57. The average Bonchev–Trinajstić information content (AvgIpc) is 2.86. The summed E-state index contributed by atoms with van der Waals surface area (Å²) in [6.07, 6.45) is 4.67. The zero-order chi connectivity index (χ0) is 16.3. The summed E-state index contributed by atoms with van der Waals surface area (Å²) in [5.41, 5.74) is 1.48. The van der Waals surface area contributed by atoms with Gasteiger partial charge in [0.1, 0.15) is 5.82 Å². The summed E-state index contributed by atoms with van der Waals surface area (Å²) in [6, 6.07) is 3.19. The lowest BCUT2D eigenvalue weighted by atomic mass is 10.1. The van der Waals surface area contributed by atoms with Crippen LogP contribution in [0.4, 0.5) is 11.4 Å². The Labute approximate surface area is 134 Å². The molecule has 0 N–H and O–H groups in total. The number of nitro groups is 1. The average molecular weight is 323 g/mol. The van der Waals surface area contributed by atoms with Crippen LogP contribution in [0.15, 0.2) is 24.5 Å². The summed E-state index contributed by atoms with van der Waals surface area (Å²) >= 11 is 6.18. The van der Waals surface area contributed by atoms with Gasteiger partial charge in [0.05, 0.1) is 15.6 Å². The summed E-state index contributed by atoms with van der Waals surface area (Å²) in [7, 11) is 1.94. The Morgan fingerprint density at radius 2 is 2.14 bits per heavy atom. The number of hydrogen-bond donors (Lipinski definition) is 0. The molecule has 2 rings (SSSR count). The predicted octanol–water partition coefficient (Wildman–Crippen LogP) is 3.59. The molecule has 2 aromatic rings. The van der Waals surface area contributed by atoms with Crippen molar-refractivity contribution < 1.29 is 4.92 Å². The Morgan fingerprint density at radius 3 is 2.73 bits per heavy atom. The predicted molar refractivity (Wildman–Crippen MR) is 87.7 cm³/mol. The van der Waals surface area contributed by atoms with Gasteiger partial charge in [0, 0.05) is 44.2 Å². The first kappa shape index (κ1) is 16.3. The van der Waals surface area contributed by atoms with Gasteiger partial charge in [-0.3, -0.25) is 10.1 Å². The Balaban J connectivity index is 2.03. The van der Waals surface area contributed by atoms with Crippen molar-refractivity contribution in [2.24, 2.45) is 0 Å². The molecule has 1 heterocycles. The molecule has 0 saturated heterocycles. The van der Waals surface area contributed by atoms with Gasteiger partial charge in [-0.1, -0.05) is 11.6 Å². The SMILES string of the molecule is Cc1cc(N(C)CCCn2ccnc2C)c(Cl)cc1[N+](=O)[O-]. The summed E-state index contributed by atoms with van der Waals surface area (Å²) in [4.78, 5) is 16.7. The minimum Gasteiger partial charge on any atom is -0.373 e. The summed E-state index contributed by atoms with van der Waals surface area (Å²) in [6.45, 7) is 5.37. The number of hydrogen-bond acceptors (Lipinski definition) is 4. The fourth-order valence-electron chi connectivity index (χ4n) is 2.38. The van der Waals surface area contributed by atoms with Crippen molar-refractivity contribution in [2.75, 3.05) is 18.5 Å². The number of benzene rings is 1. The van der Waals surface area contributed by atoms with Gasteiger partial charge in [-0.25, -0.2) is 4.98 Å². The molecule has 0 aliphatic carbocycles. The molecule has 22 heavy (non-hydrogen) atoms. The molecule has 118 valence electrons. The van der Waals surface area contributed by atoms with Crippen molar-refractivity contribution in [3.63, 3.8) is 0 Å². The minimum absolute atomic E-state index is 0.0520. The van der Waals surface area contributed by atoms with Gasteiger partial charge in [-0.15, -0.1) is 0 Å². The second-order valence-corrected chi connectivity index (χ2v) is 5.70. The maximum absolute atomic E-state index is 10.9. The highest BCUT2D eigenvalue weighted by molar-refractivity contribution is 6.33. The molecule has 0 saturated carbocycles. The van der Waals surface area contributed by atoms with E-state index in [2.05, 4.69) is 9.55 Å². The molecule has 0 bridgehead atoms. The van der Waals surface area contributed by atoms with Gasteiger partial charge >= 0.3 is 0 Å². The van der Waals surface area contributed by atoms with Crippen LogP contribution in [0.5, 0.6) is 0 Å². The van der Waals surface area contributed by atoms with Gasteiger partial charge in [0.2, 0.25) is 0 Å². The molecule has 6 nitrogen and oxygen atoms in total. The normalized spacial score (nSPS) is 10.7. The first-order chi connectivity index (χ1) is 10.4. The summed E-state index contributed by atoms with van der Waals surface area (Å²) < 4.78 is 2.09. The van der Waals surface area contributed by atoms with Gasteiger partial charge in [-0.2, -0.15) is 0 Å². The number of aromatic nitrogens is 2. The first-order valence-corrected chi connectivity index (χ1v) is 7.41. The highest BCUT2D eigenvalue weighted by Gasteiger charge is 2.16. The number of anilines is 1. The van der Waals surface area contributed by atoms with Crippen molar-refractivity contribution in [1.82, 2.24) is 9.55 Å². The number of nitrogens with zero attached hydrogens (tertiary/aromatic N) is 4. The number of halogens is 1. The van der Waals surface area contributed by atoms with E-state index in [0.29, 0.717) is 10.6 Å². The van der Waals surface area contributed by atoms with E-state index in [9.17, 15) is 10.1 Å². The molecule has 0 radical (unpaired) electrons. The Kier molecular flexibility index (Phi) is 5.03. The van der Waals surface area contributed by atoms with Gasteiger partial charge in [0.15, 0.2) is 0 Å². The summed E-state index contributed by atoms with van der Waals surface area (Å²) in [5, 5.41) is 11.3. The maximum atomic E-state index is 10.9. The highest BCUT2D eigenvalue weighted by Crippen LogP contribution is 2.32. The highest BCUT2D eigenvalue weighted by atomic mass is 35.5.